The first-order valence-corrected chi connectivity index (χ1v) is 11.2. The maximum Gasteiger partial charge on any atom is 0.344 e. The van der Waals surface area contributed by atoms with Gasteiger partial charge in [-0.25, -0.2) is 4.79 Å². The maximum absolute atomic E-state index is 13.0. The Bertz CT molecular complexity index is 864. The van der Waals surface area contributed by atoms with Gasteiger partial charge < -0.3 is 10.2 Å². The SMILES string of the molecule is CC1CCC2(CC1)NC(=O)N(NC(=O)[C@H]1CCCN(C(=O)Cc3ccccc3)C1)C2=O. The average molecular weight is 427 g/mol. The molecule has 31 heavy (non-hydrogen) atoms. The van der Waals surface area contributed by atoms with Crippen LogP contribution in [0.4, 0.5) is 4.79 Å². The van der Waals surface area contributed by atoms with Gasteiger partial charge in [-0.05, 0) is 50.0 Å². The highest BCUT2D eigenvalue weighted by molar-refractivity contribution is 6.08. The van der Waals surface area contributed by atoms with E-state index in [1.165, 1.54) is 0 Å². The molecule has 1 aromatic carbocycles. The Morgan fingerprint density at radius 1 is 1.13 bits per heavy atom. The summed E-state index contributed by atoms with van der Waals surface area (Å²) in [6.45, 7) is 3.05. The molecule has 4 rings (SSSR count). The van der Waals surface area contributed by atoms with E-state index in [0.717, 1.165) is 23.4 Å². The van der Waals surface area contributed by atoms with Crippen LogP contribution >= 0.6 is 0 Å². The molecular weight excluding hydrogens is 396 g/mol. The number of nitrogens with one attached hydrogen (secondary N) is 2. The monoisotopic (exact) mass is 426 g/mol. The third kappa shape index (κ3) is 4.43. The summed E-state index contributed by atoms with van der Waals surface area (Å²) in [7, 11) is 0. The lowest BCUT2D eigenvalue weighted by Crippen LogP contribution is -2.54. The quantitative estimate of drug-likeness (QED) is 0.720. The minimum Gasteiger partial charge on any atom is -0.342 e. The van der Waals surface area contributed by atoms with E-state index in [1.54, 1.807) is 4.90 Å². The number of nitrogens with zero attached hydrogens (tertiary/aromatic N) is 2. The first-order valence-electron chi connectivity index (χ1n) is 11.2. The molecule has 1 spiro atoms. The number of urea groups is 1. The highest BCUT2D eigenvalue weighted by atomic mass is 16.2. The molecule has 8 heteroatoms. The van der Waals surface area contributed by atoms with Gasteiger partial charge in [0.2, 0.25) is 11.8 Å². The molecule has 0 aromatic heterocycles. The molecule has 2 saturated heterocycles. The summed E-state index contributed by atoms with van der Waals surface area (Å²) in [4.78, 5) is 52.7. The number of hydrogen-bond donors (Lipinski definition) is 2. The molecule has 1 atom stereocenters. The van der Waals surface area contributed by atoms with Crippen LogP contribution in [0.2, 0.25) is 0 Å². The third-order valence-corrected chi connectivity index (χ3v) is 6.85. The number of carbonyl (C=O) groups excluding carboxylic acids is 4. The lowest BCUT2D eigenvalue weighted by Gasteiger charge is -2.34. The van der Waals surface area contributed by atoms with Crippen LogP contribution in [0.3, 0.4) is 0 Å². The Labute approximate surface area is 182 Å². The second kappa shape index (κ2) is 8.69. The van der Waals surface area contributed by atoms with E-state index < -0.39 is 17.5 Å². The van der Waals surface area contributed by atoms with Crippen LogP contribution in [0, 0.1) is 11.8 Å². The van der Waals surface area contributed by atoms with E-state index in [2.05, 4.69) is 17.7 Å². The summed E-state index contributed by atoms with van der Waals surface area (Å²) >= 11 is 0. The van der Waals surface area contributed by atoms with E-state index in [0.29, 0.717) is 51.1 Å². The minimum atomic E-state index is -0.888. The molecule has 0 unspecified atom stereocenters. The van der Waals surface area contributed by atoms with Crippen molar-refractivity contribution >= 4 is 23.8 Å². The standard InChI is InChI=1S/C23H30N4O4/c1-16-9-11-23(12-10-16)21(30)27(22(31)24-23)25-20(29)18-8-5-13-26(15-18)19(28)14-17-6-3-2-4-7-17/h2-4,6-7,16,18H,5,8-15H2,1H3,(H,24,31)(H,25,29)/t16?,18-,23?/m0/s1. The van der Waals surface area contributed by atoms with Gasteiger partial charge in [0.15, 0.2) is 0 Å². The van der Waals surface area contributed by atoms with Gasteiger partial charge in [0.25, 0.3) is 5.91 Å². The number of piperidine rings is 1. The van der Waals surface area contributed by atoms with Crippen LogP contribution < -0.4 is 10.7 Å². The van der Waals surface area contributed by atoms with Crippen LogP contribution in [0.15, 0.2) is 30.3 Å². The van der Waals surface area contributed by atoms with Crippen molar-refractivity contribution < 1.29 is 19.2 Å². The van der Waals surface area contributed by atoms with Gasteiger partial charge in [0, 0.05) is 13.1 Å². The number of benzene rings is 1. The zero-order chi connectivity index (χ0) is 22.0. The van der Waals surface area contributed by atoms with Crippen LogP contribution in [-0.2, 0) is 20.8 Å². The molecule has 1 aliphatic carbocycles. The summed E-state index contributed by atoms with van der Waals surface area (Å²) in [6, 6.07) is 8.94. The summed E-state index contributed by atoms with van der Waals surface area (Å²) in [6.07, 6.45) is 4.55. The highest BCUT2D eigenvalue weighted by Gasteiger charge is 2.53. The zero-order valence-electron chi connectivity index (χ0n) is 17.9. The molecule has 0 bridgehead atoms. The first kappa shape index (κ1) is 21.3. The predicted molar refractivity (Wildman–Crippen MR) is 113 cm³/mol. The lowest BCUT2D eigenvalue weighted by molar-refractivity contribution is -0.143. The number of carbonyl (C=O) groups is 4. The van der Waals surface area contributed by atoms with Gasteiger partial charge in [0.05, 0.1) is 12.3 Å². The van der Waals surface area contributed by atoms with Crippen molar-refractivity contribution in [2.45, 2.75) is 57.4 Å². The molecule has 3 fully saturated rings. The molecular formula is C23H30N4O4. The number of hydrogen-bond acceptors (Lipinski definition) is 4. The van der Waals surface area contributed by atoms with Crippen molar-refractivity contribution in [3.8, 4) is 0 Å². The Morgan fingerprint density at radius 3 is 2.55 bits per heavy atom. The fraction of sp³-hybridized carbons (Fsp3) is 0.565. The molecule has 1 aromatic rings. The van der Waals surface area contributed by atoms with Gasteiger partial charge in [-0.15, -0.1) is 0 Å². The van der Waals surface area contributed by atoms with Crippen molar-refractivity contribution in [2.24, 2.45) is 11.8 Å². The highest BCUT2D eigenvalue weighted by Crippen LogP contribution is 2.35. The van der Waals surface area contributed by atoms with Crippen molar-refractivity contribution in [1.29, 1.82) is 0 Å². The Kier molecular flexibility index (Phi) is 5.98. The normalized spacial score (nSPS) is 28.5. The number of hydrazine groups is 1. The molecule has 8 nitrogen and oxygen atoms in total. The van der Waals surface area contributed by atoms with Crippen molar-refractivity contribution in [1.82, 2.24) is 20.7 Å². The van der Waals surface area contributed by atoms with Crippen LogP contribution in [-0.4, -0.2) is 52.3 Å². The Morgan fingerprint density at radius 2 is 1.84 bits per heavy atom. The van der Waals surface area contributed by atoms with Crippen LogP contribution in [0.25, 0.3) is 0 Å². The smallest absolute Gasteiger partial charge is 0.342 e. The van der Waals surface area contributed by atoms with Gasteiger partial charge >= 0.3 is 6.03 Å². The predicted octanol–water partition coefficient (Wildman–Crippen LogP) is 2.00. The van der Waals surface area contributed by atoms with Gasteiger partial charge in [-0.3, -0.25) is 19.8 Å². The van der Waals surface area contributed by atoms with Crippen molar-refractivity contribution in [3.05, 3.63) is 35.9 Å². The Hall–Kier alpha value is -2.90. The average Bonchev–Trinajstić information content (AvgIpc) is 3.00. The van der Waals surface area contributed by atoms with Crippen molar-refractivity contribution in [2.75, 3.05) is 13.1 Å². The summed E-state index contributed by atoms with van der Waals surface area (Å²) in [5, 5.41) is 3.66. The van der Waals surface area contributed by atoms with Crippen molar-refractivity contribution in [3.63, 3.8) is 0 Å². The fourth-order valence-corrected chi connectivity index (χ4v) is 4.82. The first-order chi connectivity index (χ1) is 14.9. The Balaban J connectivity index is 1.35. The molecule has 5 amide bonds. The van der Waals surface area contributed by atoms with Crippen LogP contribution in [0.1, 0.15) is 51.0 Å². The number of likely N-dealkylation sites (tertiary alicyclic amines) is 1. The molecule has 2 heterocycles. The second-order valence-electron chi connectivity index (χ2n) is 9.15. The van der Waals surface area contributed by atoms with Gasteiger partial charge in [-0.1, -0.05) is 37.3 Å². The van der Waals surface area contributed by atoms with E-state index >= 15 is 0 Å². The number of amides is 5. The van der Waals surface area contributed by atoms with E-state index in [1.807, 2.05) is 30.3 Å². The molecule has 3 aliphatic rings. The number of rotatable bonds is 4. The summed E-state index contributed by atoms with van der Waals surface area (Å²) in [5.41, 5.74) is 2.58. The second-order valence-corrected chi connectivity index (χ2v) is 9.15. The molecule has 1 saturated carbocycles. The molecule has 2 N–H and O–H groups in total. The van der Waals surface area contributed by atoms with E-state index in [-0.39, 0.29) is 17.7 Å². The number of imide groups is 1. The molecule has 166 valence electrons. The summed E-state index contributed by atoms with van der Waals surface area (Å²) in [5.74, 6) is -0.695. The largest absolute Gasteiger partial charge is 0.344 e. The maximum atomic E-state index is 13.0. The summed E-state index contributed by atoms with van der Waals surface area (Å²) < 4.78 is 0. The third-order valence-electron chi connectivity index (χ3n) is 6.85. The van der Waals surface area contributed by atoms with E-state index in [4.69, 9.17) is 0 Å². The molecule has 2 aliphatic heterocycles. The van der Waals surface area contributed by atoms with Crippen LogP contribution in [0.5, 0.6) is 0 Å². The molecule has 0 radical (unpaired) electrons. The van der Waals surface area contributed by atoms with Gasteiger partial charge in [0.1, 0.15) is 5.54 Å². The van der Waals surface area contributed by atoms with Gasteiger partial charge in [-0.2, -0.15) is 5.01 Å². The fourth-order valence-electron chi connectivity index (χ4n) is 4.82. The zero-order valence-corrected chi connectivity index (χ0v) is 17.9. The topological polar surface area (TPSA) is 98.8 Å². The minimum absolute atomic E-state index is 0.0195. The van der Waals surface area contributed by atoms with E-state index in [9.17, 15) is 19.2 Å². The lowest BCUT2D eigenvalue weighted by atomic mass is 9.77.